The Morgan fingerprint density at radius 2 is 1.58 bits per heavy atom. The van der Waals surface area contributed by atoms with Crippen molar-refractivity contribution in [1.29, 1.82) is 0 Å². The topological polar surface area (TPSA) is 64.7 Å². The molecule has 31 heavy (non-hydrogen) atoms. The molecule has 0 spiro atoms. The maximum atomic E-state index is 13.0. The first-order valence-electron chi connectivity index (χ1n) is 10.8. The zero-order chi connectivity index (χ0) is 22.2. The van der Waals surface area contributed by atoms with E-state index >= 15 is 0 Å². The highest BCUT2D eigenvalue weighted by molar-refractivity contribution is 6.35. The molecule has 1 atom stereocenters. The standard InChI is InChI=1S/C24H31FN4O2/c1-28(2)21-11-7-19(8-12-21)22(29-15-3-4-16-29)17-27-24(31)23(30)26-14-13-18-5-9-20(25)10-6-18/h5-12,22H,3-4,13-17H2,1-2H3,(H,26,30)(H,27,31)/t22-/m0/s1. The van der Waals surface area contributed by atoms with Gasteiger partial charge in [-0.1, -0.05) is 24.3 Å². The van der Waals surface area contributed by atoms with Crippen molar-refractivity contribution in [2.75, 3.05) is 45.2 Å². The van der Waals surface area contributed by atoms with Crippen molar-refractivity contribution in [2.45, 2.75) is 25.3 Å². The SMILES string of the molecule is CN(C)c1ccc([C@H](CNC(=O)C(=O)NCCc2ccc(F)cc2)N2CCCC2)cc1. The Labute approximate surface area is 183 Å². The highest BCUT2D eigenvalue weighted by Crippen LogP contribution is 2.26. The van der Waals surface area contributed by atoms with Gasteiger partial charge in [-0.05, 0) is 67.7 Å². The van der Waals surface area contributed by atoms with Gasteiger partial charge in [-0.15, -0.1) is 0 Å². The summed E-state index contributed by atoms with van der Waals surface area (Å²) in [6, 6.07) is 14.5. The molecule has 2 aromatic rings. The van der Waals surface area contributed by atoms with Gasteiger partial charge >= 0.3 is 11.8 Å². The molecule has 3 rings (SSSR count). The zero-order valence-electron chi connectivity index (χ0n) is 18.2. The van der Waals surface area contributed by atoms with E-state index < -0.39 is 11.8 Å². The van der Waals surface area contributed by atoms with E-state index in [4.69, 9.17) is 0 Å². The first kappa shape index (κ1) is 22.7. The predicted molar refractivity (Wildman–Crippen MR) is 120 cm³/mol. The molecular weight excluding hydrogens is 395 g/mol. The van der Waals surface area contributed by atoms with Gasteiger partial charge in [0.2, 0.25) is 0 Å². The Balaban J connectivity index is 1.52. The van der Waals surface area contributed by atoms with Crippen LogP contribution in [0.3, 0.4) is 0 Å². The van der Waals surface area contributed by atoms with Crippen molar-refractivity contribution >= 4 is 17.5 Å². The molecule has 2 amide bonds. The summed E-state index contributed by atoms with van der Waals surface area (Å²) < 4.78 is 13.0. The first-order chi connectivity index (χ1) is 14.9. The third-order valence-electron chi connectivity index (χ3n) is 5.65. The Kier molecular flexibility index (Phi) is 8.00. The van der Waals surface area contributed by atoms with Crippen LogP contribution < -0.4 is 15.5 Å². The fourth-order valence-corrected chi connectivity index (χ4v) is 3.83. The summed E-state index contributed by atoms with van der Waals surface area (Å²) >= 11 is 0. The van der Waals surface area contributed by atoms with Gasteiger partial charge in [-0.3, -0.25) is 14.5 Å². The van der Waals surface area contributed by atoms with Crippen molar-refractivity contribution in [1.82, 2.24) is 15.5 Å². The van der Waals surface area contributed by atoms with Crippen molar-refractivity contribution < 1.29 is 14.0 Å². The van der Waals surface area contributed by atoms with Gasteiger partial charge in [-0.2, -0.15) is 0 Å². The number of amides is 2. The molecule has 1 fully saturated rings. The number of nitrogens with zero attached hydrogens (tertiary/aromatic N) is 2. The predicted octanol–water partition coefficient (Wildman–Crippen LogP) is 2.50. The highest BCUT2D eigenvalue weighted by Gasteiger charge is 2.25. The fourth-order valence-electron chi connectivity index (χ4n) is 3.83. The zero-order valence-corrected chi connectivity index (χ0v) is 18.2. The monoisotopic (exact) mass is 426 g/mol. The van der Waals surface area contributed by atoms with Crippen molar-refractivity contribution in [3.63, 3.8) is 0 Å². The molecule has 0 aliphatic carbocycles. The largest absolute Gasteiger partial charge is 0.378 e. The van der Waals surface area contributed by atoms with Crippen LogP contribution in [0.4, 0.5) is 10.1 Å². The number of nitrogens with one attached hydrogen (secondary N) is 2. The lowest BCUT2D eigenvalue weighted by molar-refractivity contribution is -0.139. The molecule has 0 unspecified atom stereocenters. The Morgan fingerprint density at radius 3 is 2.19 bits per heavy atom. The number of halogens is 1. The van der Waals surface area contributed by atoms with Gasteiger partial charge in [-0.25, -0.2) is 4.39 Å². The van der Waals surface area contributed by atoms with Crippen LogP contribution >= 0.6 is 0 Å². The molecule has 0 bridgehead atoms. The average Bonchev–Trinajstić information content (AvgIpc) is 3.30. The molecule has 1 aliphatic rings. The van der Waals surface area contributed by atoms with E-state index in [1.807, 2.05) is 19.0 Å². The van der Waals surface area contributed by atoms with Crippen LogP contribution in [0.1, 0.15) is 30.0 Å². The van der Waals surface area contributed by atoms with Gasteiger partial charge < -0.3 is 15.5 Å². The molecule has 0 aromatic heterocycles. The van der Waals surface area contributed by atoms with E-state index in [1.165, 1.54) is 12.1 Å². The van der Waals surface area contributed by atoms with E-state index in [-0.39, 0.29) is 11.9 Å². The molecule has 7 heteroatoms. The van der Waals surface area contributed by atoms with E-state index in [0.717, 1.165) is 42.7 Å². The summed E-state index contributed by atoms with van der Waals surface area (Å²) in [5, 5.41) is 5.43. The summed E-state index contributed by atoms with van der Waals surface area (Å²) in [6.07, 6.45) is 2.82. The van der Waals surface area contributed by atoms with E-state index in [1.54, 1.807) is 12.1 Å². The molecular formula is C24H31FN4O2. The van der Waals surface area contributed by atoms with Gasteiger partial charge in [0.15, 0.2) is 0 Å². The van der Waals surface area contributed by atoms with E-state index in [0.29, 0.717) is 19.5 Å². The first-order valence-corrected chi connectivity index (χ1v) is 10.8. The molecule has 6 nitrogen and oxygen atoms in total. The van der Waals surface area contributed by atoms with Crippen LogP contribution in [0.25, 0.3) is 0 Å². The van der Waals surface area contributed by atoms with Crippen LogP contribution in [0.15, 0.2) is 48.5 Å². The highest BCUT2D eigenvalue weighted by atomic mass is 19.1. The molecule has 1 heterocycles. The number of rotatable bonds is 8. The molecule has 1 aliphatic heterocycles. The Hall–Kier alpha value is -2.93. The lowest BCUT2D eigenvalue weighted by Crippen LogP contribution is -2.44. The van der Waals surface area contributed by atoms with Crippen LogP contribution in [0.2, 0.25) is 0 Å². The quantitative estimate of drug-likeness (QED) is 0.637. The fraction of sp³-hybridized carbons (Fsp3) is 0.417. The molecule has 0 saturated carbocycles. The number of carbonyl (C=O) groups is 2. The number of anilines is 1. The molecule has 2 N–H and O–H groups in total. The number of benzene rings is 2. The lowest BCUT2D eigenvalue weighted by atomic mass is 10.0. The average molecular weight is 427 g/mol. The summed E-state index contributed by atoms with van der Waals surface area (Å²) in [7, 11) is 4.00. The lowest BCUT2D eigenvalue weighted by Gasteiger charge is -2.28. The number of carbonyl (C=O) groups excluding carboxylic acids is 2. The molecule has 2 aromatic carbocycles. The summed E-state index contributed by atoms with van der Waals surface area (Å²) in [5.41, 5.74) is 3.15. The smallest absolute Gasteiger partial charge is 0.309 e. The maximum absolute atomic E-state index is 13.0. The second kappa shape index (κ2) is 10.9. The van der Waals surface area contributed by atoms with Crippen LogP contribution in [-0.2, 0) is 16.0 Å². The van der Waals surface area contributed by atoms with Crippen LogP contribution in [0, 0.1) is 5.82 Å². The van der Waals surface area contributed by atoms with E-state index in [9.17, 15) is 14.0 Å². The number of hydrogen-bond acceptors (Lipinski definition) is 4. The normalized spacial score (nSPS) is 14.8. The van der Waals surface area contributed by atoms with Crippen molar-refractivity contribution in [3.8, 4) is 0 Å². The third kappa shape index (κ3) is 6.52. The number of likely N-dealkylation sites (tertiary alicyclic amines) is 1. The minimum absolute atomic E-state index is 0.0367. The minimum Gasteiger partial charge on any atom is -0.378 e. The number of hydrogen-bond donors (Lipinski definition) is 2. The van der Waals surface area contributed by atoms with E-state index in [2.05, 4.69) is 39.8 Å². The van der Waals surface area contributed by atoms with Crippen LogP contribution in [0.5, 0.6) is 0 Å². The third-order valence-corrected chi connectivity index (χ3v) is 5.65. The van der Waals surface area contributed by atoms with Crippen molar-refractivity contribution in [2.24, 2.45) is 0 Å². The second-order valence-corrected chi connectivity index (χ2v) is 8.09. The Bertz CT molecular complexity index is 862. The molecule has 166 valence electrons. The van der Waals surface area contributed by atoms with Gasteiger partial charge in [0.05, 0.1) is 6.04 Å². The Morgan fingerprint density at radius 1 is 0.968 bits per heavy atom. The summed E-state index contributed by atoms with van der Waals surface area (Å²) in [6.45, 7) is 2.67. The van der Waals surface area contributed by atoms with Crippen molar-refractivity contribution in [3.05, 3.63) is 65.5 Å². The van der Waals surface area contributed by atoms with Gasteiger partial charge in [0.1, 0.15) is 5.82 Å². The summed E-state index contributed by atoms with van der Waals surface area (Å²) in [5.74, 6) is -1.57. The molecule has 1 saturated heterocycles. The second-order valence-electron chi connectivity index (χ2n) is 8.09. The van der Waals surface area contributed by atoms with Gasteiger partial charge in [0.25, 0.3) is 0 Å². The minimum atomic E-state index is -0.648. The maximum Gasteiger partial charge on any atom is 0.309 e. The van der Waals surface area contributed by atoms with Crippen LogP contribution in [-0.4, -0.2) is 57.0 Å². The van der Waals surface area contributed by atoms with Gasteiger partial charge in [0, 0.05) is 32.9 Å². The summed E-state index contributed by atoms with van der Waals surface area (Å²) in [4.78, 5) is 28.9. The molecule has 0 radical (unpaired) electrons.